The Bertz CT molecular complexity index is 391. The van der Waals surface area contributed by atoms with Gasteiger partial charge in [-0.25, -0.2) is 4.39 Å². The smallest absolute Gasteiger partial charge is 0.126 e. The lowest BCUT2D eigenvalue weighted by Crippen LogP contribution is -2.38. The van der Waals surface area contributed by atoms with Crippen LogP contribution in [0.1, 0.15) is 24.1 Å². The highest BCUT2D eigenvalue weighted by molar-refractivity contribution is 5.25. The van der Waals surface area contributed by atoms with E-state index < -0.39 is 0 Å². The number of ether oxygens (including phenoxy) is 2. The van der Waals surface area contributed by atoms with E-state index in [1.54, 1.807) is 13.0 Å². The Kier molecular flexibility index (Phi) is 4.69. The molecule has 3 nitrogen and oxygen atoms in total. The van der Waals surface area contributed by atoms with Crippen molar-refractivity contribution in [3.05, 3.63) is 35.1 Å². The maximum absolute atomic E-state index is 13.5. The van der Waals surface area contributed by atoms with Gasteiger partial charge in [0, 0.05) is 12.6 Å². The van der Waals surface area contributed by atoms with Crippen molar-refractivity contribution in [2.24, 2.45) is 0 Å². The minimum absolute atomic E-state index is 0.0940. The zero-order chi connectivity index (χ0) is 13.0. The van der Waals surface area contributed by atoms with E-state index in [0.717, 1.165) is 12.1 Å². The third kappa shape index (κ3) is 3.51. The molecule has 0 radical (unpaired) electrons. The van der Waals surface area contributed by atoms with Crippen molar-refractivity contribution in [3.8, 4) is 0 Å². The van der Waals surface area contributed by atoms with E-state index in [0.29, 0.717) is 25.4 Å². The Morgan fingerprint density at radius 3 is 2.94 bits per heavy atom. The second kappa shape index (κ2) is 6.27. The Hall–Kier alpha value is -0.970. The van der Waals surface area contributed by atoms with Crippen LogP contribution >= 0.6 is 0 Å². The summed E-state index contributed by atoms with van der Waals surface area (Å²) in [5.74, 6) is -0.154. The van der Waals surface area contributed by atoms with Crippen molar-refractivity contribution in [1.82, 2.24) is 5.32 Å². The predicted octanol–water partition coefficient (Wildman–Crippen LogP) is 2.20. The summed E-state index contributed by atoms with van der Waals surface area (Å²) in [6.45, 7) is 6.46. The zero-order valence-electron chi connectivity index (χ0n) is 10.9. The summed E-state index contributed by atoms with van der Waals surface area (Å²) < 4.78 is 24.3. The SMILES string of the molecule is Cc1ccc(C(C)NCC2COCCO2)cc1F. The Morgan fingerprint density at radius 1 is 1.44 bits per heavy atom. The lowest BCUT2D eigenvalue weighted by molar-refractivity contribution is -0.0869. The minimum atomic E-state index is -0.154. The number of hydrogen-bond donors (Lipinski definition) is 1. The van der Waals surface area contributed by atoms with Crippen LogP contribution in [0.25, 0.3) is 0 Å². The summed E-state index contributed by atoms with van der Waals surface area (Å²) in [5.41, 5.74) is 1.63. The standard InChI is InChI=1S/C14H20FNO2/c1-10-3-4-12(7-14(10)15)11(2)16-8-13-9-17-5-6-18-13/h3-4,7,11,13,16H,5-6,8-9H2,1-2H3. The lowest BCUT2D eigenvalue weighted by Gasteiger charge is -2.25. The molecule has 1 aliphatic heterocycles. The van der Waals surface area contributed by atoms with E-state index in [4.69, 9.17) is 9.47 Å². The van der Waals surface area contributed by atoms with Crippen LogP contribution in [-0.2, 0) is 9.47 Å². The average Bonchev–Trinajstić information content (AvgIpc) is 2.40. The molecule has 2 unspecified atom stereocenters. The Morgan fingerprint density at radius 2 is 2.28 bits per heavy atom. The van der Waals surface area contributed by atoms with E-state index in [-0.39, 0.29) is 18.0 Å². The number of rotatable bonds is 4. The van der Waals surface area contributed by atoms with Crippen LogP contribution in [0.4, 0.5) is 4.39 Å². The van der Waals surface area contributed by atoms with Crippen molar-refractivity contribution in [2.75, 3.05) is 26.4 Å². The molecule has 0 spiro atoms. The number of benzene rings is 1. The second-order valence-electron chi connectivity index (χ2n) is 4.71. The van der Waals surface area contributed by atoms with Gasteiger partial charge in [0.05, 0.1) is 25.9 Å². The summed E-state index contributed by atoms with van der Waals surface area (Å²) in [6, 6.07) is 5.45. The molecule has 1 N–H and O–H groups in total. The van der Waals surface area contributed by atoms with Gasteiger partial charge in [0.2, 0.25) is 0 Å². The van der Waals surface area contributed by atoms with Gasteiger partial charge >= 0.3 is 0 Å². The summed E-state index contributed by atoms with van der Waals surface area (Å²) in [5, 5.41) is 3.34. The van der Waals surface area contributed by atoms with Gasteiger partial charge in [-0.05, 0) is 31.0 Å². The second-order valence-corrected chi connectivity index (χ2v) is 4.71. The Labute approximate surface area is 107 Å². The largest absolute Gasteiger partial charge is 0.376 e. The van der Waals surface area contributed by atoms with Crippen LogP contribution in [0.5, 0.6) is 0 Å². The van der Waals surface area contributed by atoms with Gasteiger partial charge in [0.15, 0.2) is 0 Å². The molecule has 0 aromatic heterocycles. The first kappa shape index (κ1) is 13.5. The number of nitrogens with one attached hydrogen (secondary N) is 1. The molecular weight excluding hydrogens is 233 g/mol. The fraction of sp³-hybridized carbons (Fsp3) is 0.571. The molecule has 1 aliphatic rings. The van der Waals surface area contributed by atoms with Crippen LogP contribution < -0.4 is 5.32 Å². The molecule has 4 heteroatoms. The molecule has 1 heterocycles. The first-order chi connectivity index (χ1) is 8.66. The molecule has 1 saturated heterocycles. The third-order valence-electron chi connectivity index (χ3n) is 3.23. The van der Waals surface area contributed by atoms with E-state index in [2.05, 4.69) is 5.32 Å². The molecule has 0 amide bonds. The summed E-state index contributed by atoms with van der Waals surface area (Å²) in [6.07, 6.45) is 0.0940. The average molecular weight is 253 g/mol. The van der Waals surface area contributed by atoms with Crippen molar-refractivity contribution in [3.63, 3.8) is 0 Å². The van der Waals surface area contributed by atoms with Gasteiger partial charge in [-0.15, -0.1) is 0 Å². The third-order valence-corrected chi connectivity index (χ3v) is 3.23. The fourth-order valence-electron chi connectivity index (χ4n) is 1.96. The van der Waals surface area contributed by atoms with Gasteiger partial charge in [0.1, 0.15) is 5.82 Å². The normalized spacial score (nSPS) is 21.8. The highest BCUT2D eigenvalue weighted by Gasteiger charge is 2.15. The molecule has 1 aromatic carbocycles. The van der Waals surface area contributed by atoms with Gasteiger partial charge < -0.3 is 14.8 Å². The van der Waals surface area contributed by atoms with Gasteiger partial charge in [-0.1, -0.05) is 12.1 Å². The molecule has 0 bridgehead atoms. The topological polar surface area (TPSA) is 30.5 Å². The molecular formula is C14H20FNO2. The molecule has 0 saturated carbocycles. The highest BCUT2D eigenvalue weighted by atomic mass is 19.1. The first-order valence-corrected chi connectivity index (χ1v) is 6.35. The van der Waals surface area contributed by atoms with Crippen LogP contribution in [0, 0.1) is 12.7 Å². The molecule has 100 valence electrons. The van der Waals surface area contributed by atoms with E-state index >= 15 is 0 Å². The molecule has 18 heavy (non-hydrogen) atoms. The van der Waals surface area contributed by atoms with Crippen molar-refractivity contribution < 1.29 is 13.9 Å². The number of halogens is 1. The molecule has 1 fully saturated rings. The fourth-order valence-corrected chi connectivity index (χ4v) is 1.96. The summed E-state index contributed by atoms with van der Waals surface area (Å²) in [4.78, 5) is 0. The lowest BCUT2D eigenvalue weighted by atomic mass is 10.1. The van der Waals surface area contributed by atoms with Crippen LogP contribution in [0.2, 0.25) is 0 Å². The quantitative estimate of drug-likeness (QED) is 0.892. The first-order valence-electron chi connectivity index (χ1n) is 6.35. The highest BCUT2D eigenvalue weighted by Crippen LogP contribution is 2.16. The Balaban J connectivity index is 1.86. The summed E-state index contributed by atoms with van der Waals surface area (Å²) in [7, 11) is 0. The van der Waals surface area contributed by atoms with E-state index in [1.807, 2.05) is 19.1 Å². The van der Waals surface area contributed by atoms with Crippen molar-refractivity contribution >= 4 is 0 Å². The van der Waals surface area contributed by atoms with Crippen molar-refractivity contribution in [2.45, 2.75) is 26.0 Å². The van der Waals surface area contributed by atoms with E-state index in [1.165, 1.54) is 0 Å². The molecule has 2 atom stereocenters. The van der Waals surface area contributed by atoms with Crippen LogP contribution in [0.3, 0.4) is 0 Å². The maximum atomic E-state index is 13.5. The van der Waals surface area contributed by atoms with Gasteiger partial charge in [0.25, 0.3) is 0 Å². The molecule has 1 aromatic rings. The van der Waals surface area contributed by atoms with E-state index in [9.17, 15) is 4.39 Å². The number of aryl methyl sites for hydroxylation is 1. The molecule has 0 aliphatic carbocycles. The summed E-state index contributed by atoms with van der Waals surface area (Å²) >= 11 is 0. The molecule has 2 rings (SSSR count). The zero-order valence-corrected chi connectivity index (χ0v) is 10.9. The minimum Gasteiger partial charge on any atom is -0.376 e. The van der Waals surface area contributed by atoms with Crippen LogP contribution in [-0.4, -0.2) is 32.5 Å². The predicted molar refractivity (Wildman–Crippen MR) is 68.1 cm³/mol. The monoisotopic (exact) mass is 253 g/mol. The number of hydrogen-bond acceptors (Lipinski definition) is 3. The maximum Gasteiger partial charge on any atom is 0.126 e. The van der Waals surface area contributed by atoms with Crippen LogP contribution in [0.15, 0.2) is 18.2 Å². The van der Waals surface area contributed by atoms with Gasteiger partial charge in [-0.3, -0.25) is 0 Å². The van der Waals surface area contributed by atoms with Gasteiger partial charge in [-0.2, -0.15) is 0 Å². The van der Waals surface area contributed by atoms with Crippen molar-refractivity contribution in [1.29, 1.82) is 0 Å².